The Morgan fingerprint density at radius 1 is 1.64 bits per heavy atom. The number of piperazine rings is 1. The molecular weight excluding hydrogens is 184 g/mol. The monoisotopic (exact) mass is 200 g/mol. The molecule has 0 spiro atoms. The Kier molecular flexibility index (Phi) is 3.73. The van der Waals surface area contributed by atoms with Gasteiger partial charge < -0.3 is 10.1 Å². The van der Waals surface area contributed by atoms with Crippen LogP contribution in [0.15, 0.2) is 0 Å². The zero-order valence-corrected chi connectivity index (χ0v) is 8.58. The summed E-state index contributed by atoms with van der Waals surface area (Å²) in [5, 5.41) is 2.72. The molecule has 0 radical (unpaired) electrons. The molecule has 5 heteroatoms. The maximum Gasteiger partial charge on any atom is 0.410 e. The highest BCUT2D eigenvalue weighted by molar-refractivity contribution is 5.86. The normalized spacial score (nSPS) is 21.7. The largest absolute Gasteiger partial charge is 0.450 e. The van der Waals surface area contributed by atoms with Gasteiger partial charge in [0.2, 0.25) is 5.91 Å². The molecule has 0 aromatic rings. The fourth-order valence-corrected chi connectivity index (χ4v) is 1.55. The van der Waals surface area contributed by atoms with Gasteiger partial charge in [-0.1, -0.05) is 6.92 Å². The van der Waals surface area contributed by atoms with Crippen LogP contribution in [0.25, 0.3) is 0 Å². The molecule has 0 saturated carbocycles. The third-order valence-corrected chi connectivity index (χ3v) is 2.22. The zero-order chi connectivity index (χ0) is 10.6. The van der Waals surface area contributed by atoms with Gasteiger partial charge in [-0.2, -0.15) is 0 Å². The van der Waals surface area contributed by atoms with Crippen LogP contribution in [0.1, 0.15) is 20.3 Å². The fraction of sp³-hybridized carbons (Fsp3) is 0.778. The molecule has 1 N–H and O–H groups in total. The van der Waals surface area contributed by atoms with Crippen LogP contribution in [0.5, 0.6) is 0 Å². The van der Waals surface area contributed by atoms with Crippen molar-refractivity contribution in [1.82, 2.24) is 10.2 Å². The molecule has 1 unspecified atom stereocenters. The van der Waals surface area contributed by atoms with Crippen LogP contribution in [0, 0.1) is 0 Å². The first-order chi connectivity index (χ1) is 6.70. The molecule has 5 nitrogen and oxygen atoms in total. The molecule has 1 aliphatic rings. The van der Waals surface area contributed by atoms with Crippen molar-refractivity contribution in [2.75, 3.05) is 19.7 Å². The second kappa shape index (κ2) is 4.83. The summed E-state index contributed by atoms with van der Waals surface area (Å²) in [4.78, 5) is 24.3. The number of carbonyl (C=O) groups is 2. The highest BCUT2D eigenvalue weighted by Gasteiger charge is 2.32. The van der Waals surface area contributed by atoms with E-state index in [4.69, 9.17) is 4.74 Å². The Morgan fingerprint density at radius 2 is 2.36 bits per heavy atom. The van der Waals surface area contributed by atoms with Crippen LogP contribution >= 0.6 is 0 Å². The lowest BCUT2D eigenvalue weighted by atomic mass is 10.1. The van der Waals surface area contributed by atoms with Gasteiger partial charge in [-0.3, -0.25) is 9.69 Å². The number of hydrogen-bond acceptors (Lipinski definition) is 3. The number of ether oxygens (including phenoxy) is 1. The highest BCUT2D eigenvalue weighted by Crippen LogP contribution is 2.09. The molecule has 1 saturated heterocycles. The fourth-order valence-electron chi connectivity index (χ4n) is 1.55. The number of hydrogen-bond donors (Lipinski definition) is 1. The molecule has 80 valence electrons. The van der Waals surface area contributed by atoms with Crippen LogP contribution in [0.4, 0.5) is 4.79 Å². The van der Waals surface area contributed by atoms with Gasteiger partial charge in [0.15, 0.2) is 0 Å². The lowest BCUT2D eigenvalue weighted by Gasteiger charge is -2.33. The molecule has 1 rings (SSSR count). The Hall–Kier alpha value is -1.26. The first-order valence-electron chi connectivity index (χ1n) is 4.91. The molecule has 1 aliphatic heterocycles. The van der Waals surface area contributed by atoms with E-state index in [2.05, 4.69) is 5.32 Å². The Bertz CT molecular complexity index is 230. The second-order valence-electron chi connectivity index (χ2n) is 3.11. The summed E-state index contributed by atoms with van der Waals surface area (Å²) in [6.07, 6.45) is 0.221. The molecule has 1 fully saturated rings. The third kappa shape index (κ3) is 2.16. The lowest BCUT2D eigenvalue weighted by molar-refractivity contribution is -0.128. The van der Waals surface area contributed by atoms with Gasteiger partial charge in [-0.25, -0.2) is 4.79 Å². The van der Waals surface area contributed by atoms with E-state index >= 15 is 0 Å². The topological polar surface area (TPSA) is 58.6 Å². The van der Waals surface area contributed by atoms with Crippen molar-refractivity contribution in [3.05, 3.63) is 0 Å². The molecule has 0 aromatic carbocycles. The van der Waals surface area contributed by atoms with Crippen LogP contribution < -0.4 is 5.32 Å². The predicted octanol–water partition coefficient (Wildman–Crippen LogP) is 0.353. The standard InChI is InChI=1S/C9H16N2O3/c1-3-7-8(12)10-5-6-11(7)9(13)14-4-2/h7H,3-6H2,1-2H3,(H,10,12). The predicted molar refractivity (Wildman–Crippen MR) is 50.8 cm³/mol. The smallest absolute Gasteiger partial charge is 0.410 e. The van der Waals surface area contributed by atoms with Crippen molar-refractivity contribution in [3.8, 4) is 0 Å². The first kappa shape index (κ1) is 10.8. The van der Waals surface area contributed by atoms with Crippen molar-refractivity contribution in [2.24, 2.45) is 0 Å². The highest BCUT2D eigenvalue weighted by atomic mass is 16.6. The third-order valence-electron chi connectivity index (χ3n) is 2.22. The summed E-state index contributed by atoms with van der Waals surface area (Å²) >= 11 is 0. The van der Waals surface area contributed by atoms with E-state index in [1.54, 1.807) is 6.92 Å². The van der Waals surface area contributed by atoms with Crippen molar-refractivity contribution in [3.63, 3.8) is 0 Å². The number of carbonyl (C=O) groups excluding carboxylic acids is 2. The summed E-state index contributed by atoms with van der Waals surface area (Å²) in [5.74, 6) is -0.0909. The minimum atomic E-state index is -0.394. The molecule has 2 amide bonds. The van der Waals surface area contributed by atoms with Gasteiger partial charge in [0, 0.05) is 13.1 Å². The molecule has 14 heavy (non-hydrogen) atoms. The van der Waals surface area contributed by atoms with Crippen molar-refractivity contribution < 1.29 is 14.3 Å². The summed E-state index contributed by atoms with van der Waals surface area (Å²) in [5.41, 5.74) is 0. The van der Waals surface area contributed by atoms with E-state index in [1.165, 1.54) is 4.90 Å². The maximum absolute atomic E-state index is 11.4. The molecule has 1 atom stereocenters. The van der Waals surface area contributed by atoms with Crippen LogP contribution in [-0.2, 0) is 9.53 Å². The number of rotatable bonds is 2. The minimum absolute atomic E-state index is 0.0909. The maximum atomic E-state index is 11.4. The van der Waals surface area contributed by atoms with Gasteiger partial charge in [0.05, 0.1) is 6.61 Å². The Labute approximate surface area is 83.4 Å². The molecule has 0 aliphatic carbocycles. The second-order valence-corrected chi connectivity index (χ2v) is 3.11. The first-order valence-corrected chi connectivity index (χ1v) is 4.91. The van der Waals surface area contributed by atoms with Gasteiger partial charge in [0.25, 0.3) is 0 Å². The van der Waals surface area contributed by atoms with E-state index < -0.39 is 6.09 Å². The van der Waals surface area contributed by atoms with E-state index in [9.17, 15) is 9.59 Å². The molecular formula is C9H16N2O3. The lowest BCUT2D eigenvalue weighted by Crippen LogP contribution is -2.57. The molecule has 0 aromatic heterocycles. The molecule has 1 heterocycles. The minimum Gasteiger partial charge on any atom is -0.450 e. The van der Waals surface area contributed by atoms with E-state index in [-0.39, 0.29) is 11.9 Å². The zero-order valence-electron chi connectivity index (χ0n) is 8.58. The SMILES string of the molecule is CCOC(=O)N1CCNC(=O)C1CC. The number of nitrogens with one attached hydrogen (secondary N) is 1. The van der Waals surface area contributed by atoms with Gasteiger partial charge in [-0.15, -0.1) is 0 Å². The summed E-state index contributed by atoms with van der Waals surface area (Å²) in [7, 11) is 0. The van der Waals surface area contributed by atoms with E-state index in [0.717, 1.165) is 0 Å². The quantitative estimate of drug-likeness (QED) is 0.700. The van der Waals surface area contributed by atoms with Gasteiger partial charge >= 0.3 is 6.09 Å². The van der Waals surface area contributed by atoms with E-state index in [0.29, 0.717) is 26.1 Å². The van der Waals surface area contributed by atoms with Gasteiger partial charge in [0.1, 0.15) is 6.04 Å². The van der Waals surface area contributed by atoms with Crippen LogP contribution in [-0.4, -0.2) is 42.6 Å². The van der Waals surface area contributed by atoms with Crippen molar-refractivity contribution in [1.29, 1.82) is 0 Å². The van der Waals surface area contributed by atoms with Gasteiger partial charge in [-0.05, 0) is 13.3 Å². The summed E-state index contributed by atoms with van der Waals surface area (Å²) in [6, 6.07) is -0.372. The average molecular weight is 200 g/mol. The van der Waals surface area contributed by atoms with Crippen molar-refractivity contribution >= 4 is 12.0 Å². The Balaban J connectivity index is 2.64. The summed E-state index contributed by atoms with van der Waals surface area (Å²) in [6.45, 7) is 5.01. The van der Waals surface area contributed by atoms with Crippen molar-refractivity contribution in [2.45, 2.75) is 26.3 Å². The van der Waals surface area contributed by atoms with Crippen LogP contribution in [0.3, 0.4) is 0 Å². The summed E-state index contributed by atoms with van der Waals surface area (Å²) < 4.78 is 4.87. The Morgan fingerprint density at radius 3 is 2.93 bits per heavy atom. The molecule has 0 bridgehead atoms. The number of amides is 2. The van der Waals surface area contributed by atoms with Crippen LogP contribution in [0.2, 0.25) is 0 Å². The van der Waals surface area contributed by atoms with E-state index in [1.807, 2.05) is 6.92 Å². The average Bonchev–Trinajstić information content (AvgIpc) is 2.17. The number of nitrogens with zero attached hydrogens (tertiary/aromatic N) is 1.